The molecule has 9 aromatic carbocycles. The van der Waals surface area contributed by atoms with E-state index in [4.69, 9.17) is 19.4 Å². The zero-order chi connectivity index (χ0) is 41.4. The van der Waals surface area contributed by atoms with E-state index in [1.165, 1.54) is 5.56 Å². The van der Waals surface area contributed by atoms with E-state index in [2.05, 4.69) is 173 Å². The predicted octanol–water partition coefficient (Wildman–Crippen LogP) is 14.6. The van der Waals surface area contributed by atoms with Crippen molar-refractivity contribution in [2.45, 2.75) is 0 Å². The summed E-state index contributed by atoms with van der Waals surface area (Å²) < 4.78 is 11.0. The zero-order valence-corrected chi connectivity index (χ0v) is 33.9. The van der Waals surface area contributed by atoms with Crippen LogP contribution in [0.3, 0.4) is 0 Å². The summed E-state index contributed by atoms with van der Waals surface area (Å²) in [5.74, 6) is 1.71. The van der Waals surface area contributed by atoms with Gasteiger partial charge in [0.15, 0.2) is 11.6 Å². The van der Waals surface area contributed by atoms with Gasteiger partial charge in [0.1, 0.15) is 11.2 Å². The van der Waals surface area contributed by atoms with Crippen LogP contribution in [0.15, 0.2) is 217 Å². The highest BCUT2D eigenvalue weighted by Crippen LogP contribution is 2.43. The largest absolute Gasteiger partial charge is 0.456 e. The van der Waals surface area contributed by atoms with Crippen LogP contribution >= 0.6 is 0 Å². The lowest BCUT2D eigenvalue weighted by atomic mass is 9.98. The van der Waals surface area contributed by atoms with E-state index >= 15 is 0 Å². The molecule has 13 rings (SSSR count). The Kier molecular flexibility index (Phi) is 7.80. The normalized spacial score (nSPS) is 11.8. The molecule has 294 valence electrons. The van der Waals surface area contributed by atoms with E-state index in [-0.39, 0.29) is 0 Å². The average molecular weight is 806 g/mol. The molecule has 0 aliphatic heterocycles. The maximum Gasteiger partial charge on any atom is 0.238 e. The van der Waals surface area contributed by atoms with E-state index in [1.807, 2.05) is 48.5 Å². The summed E-state index contributed by atoms with van der Waals surface area (Å²) in [7, 11) is 0. The molecule has 0 saturated heterocycles. The lowest BCUT2D eigenvalue weighted by Crippen LogP contribution is -2.06. The number of hydrogen-bond acceptors (Lipinski definition) is 4. The lowest BCUT2D eigenvalue weighted by molar-refractivity contribution is 0.669. The van der Waals surface area contributed by atoms with Gasteiger partial charge < -0.3 is 8.98 Å². The maximum atomic E-state index is 6.34. The van der Waals surface area contributed by atoms with Crippen molar-refractivity contribution in [2.24, 2.45) is 0 Å². The summed E-state index contributed by atoms with van der Waals surface area (Å²) in [4.78, 5) is 15.9. The Morgan fingerprint density at radius 3 is 1.59 bits per heavy atom. The van der Waals surface area contributed by atoms with Gasteiger partial charge in [0.25, 0.3) is 0 Å². The smallest absolute Gasteiger partial charge is 0.238 e. The molecule has 63 heavy (non-hydrogen) atoms. The standard InChI is InChI=1S/C57H35N5O/c1-4-17-36(18-5-1)39-31-32-40(37-19-6-2-7-20-37)49(33-39)61-47-27-13-10-23-41(47)45-35-51-46(34-50(45)61)42-24-11-14-28-48(42)62(51)57-59-55(38-21-8-3-9-22-38)58-56(60-57)44-26-16-30-53-54(44)43-25-12-15-29-52(43)63-53/h1-35H. The second-order valence-corrected chi connectivity index (χ2v) is 16.0. The average Bonchev–Trinajstić information content (AvgIpc) is 4.01. The molecule has 6 heteroatoms. The fourth-order valence-electron chi connectivity index (χ4n) is 9.56. The van der Waals surface area contributed by atoms with Crippen molar-refractivity contribution >= 4 is 65.6 Å². The molecule has 0 amide bonds. The van der Waals surface area contributed by atoms with Crippen LogP contribution in [0.25, 0.3) is 122 Å². The van der Waals surface area contributed by atoms with Crippen LogP contribution in [0.5, 0.6) is 0 Å². The first-order chi connectivity index (χ1) is 31.2. The predicted molar refractivity (Wildman–Crippen MR) is 258 cm³/mol. The third-order valence-corrected chi connectivity index (χ3v) is 12.4. The molecule has 0 aliphatic carbocycles. The van der Waals surface area contributed by atoms with Crippen LogP contribution in [0, 0.1) is 0 Å². The summed E-state index contributed by atoms with van der Waals surface area (Å²) in [6.45, 7) is 0. The van der Waals surface area contributed by atoms with Crippen LogP contribution in [0.2, 0.25) is 0 Å². The molecule has 0 saturated carbocycles. The monoisotopic (exact) mass is 805 g/mol. The van der Waals surface area contributed by atoms with E-state index in [1.54, 1.807) is 0 Å². The van der Waals surface area contributed by atoms with Crippen molar-refractivity contribution in [1.82, 2.24) is 24.1 Å². The van der Waals surface area contributed by atoms with Crippen LogP contribution in [-0.2, 0) is 0 Å². The Bertz CT molecular complexity index is 3900. The van der Waals surface area contributed by atoms with Crippen LogP contribution < -0.4 is 0 Å². The number of rotatable bonds is 6. The van der Waals surface area contributed by atoms with E-state index < -0.39 is 0 Å². The SMILES string of the molecule is c1ccc(-c2ccc(-c3ccccc3)c(-n3c4ccccc4c4cc5c(cc43)c3ccccc3n5-c3nc(-c4ccccc4)nc(-c4cccc5oc6ccccc6c45)n3)c2)cc1. The van der Waals surface area contributed by atoms with Gasteiger partial charge in [0.05, 0.1) is 27.8 Å². The molecule has 0 unspecified atom stereocenters. The Hall–Kier alpha value is -8.61. The highest BCUT2D eigenvalue weighted by Gasteiger charge is 2.23. The van der Waals surface area contributed by atoms with Crippen molar-refractivity contribution in [3.8, 4) is 56.7 Å². The Labute approximate surface area is 361 Å². The minimum Gasteiger partial charge on any atom is -0.456 e. The van der Waals surface area contributed by atoms with Gasteiger partial charge >= 0.3 is 0 Å². The first-order valence-corrected chi connectivity index (χ1v) is 21.2. The molecule has 0 bridgehead atoms. The molecular formula is C57H35N5O. The first kappa shape index (κ1) is 35.2. The van der Waals surface area contributed by atoms with Crippen molar-refractivity contribution in [2.75, 3.05) is 0 Å². The number of para-hydroxylation sites is 3. The molecule has 0 atom stereocenters. The number of nitrogens with zero attached hydrogens (tertiary/aromatic N) is 5. The molecule has 0 aliphatic rings. The topological polar surface area (TPSA) is 61.7 Å². The van der Waals surface area contributed by atoms with E-state index in [9.17, 15) is 0 Å². The molecule has 4 aromatic heterocycles. The van der Waals surface area contributed by atoms with E-state index in [0.717, 1.165) is 99.1 Å². The molecule has 13 aromatic rings. The zero-order valence-electron chi connectivity index (χ0n) is 33.9. The molecular weight excluding hydrogens is 771 g/mol. The molecule has 0 fully saturated rings. The quantitative estimate of drug-likeness (QED) is 0.168. The number of aromatic nitrogens is 5. The van der Waals surface area contributed by atoms with Crippen molar-refractivity contribution in [3.63, 3.8) is 0 Å². The minimum absolute atomic E-state index is 0.542. The summed E-state index contributed by atoms with van der Waals surface area (Å²) in [5.41, 5.74) is 13.5. The summed E-state index contributed by atoms with van der Waals surface area (Å²) >= 11 is 0. The van der Waals surface area contributed by atoms with Gasteiger partial charge in [-0.3, -0.25) is 4.57 Å². The van der Waals surface area contributed by atoms with Gasteiger partial charge in [0, 0.05) is 49.0 Å². The Morgan fingerprint density at radius 2 is 0.873 bits per heavy atom. The lowest BCUT2D eigenvalue weighted by Gasteiger charge is -2.16. The van der Waals surface area contributed by atoms with Gasteiger partial charge in [0.2, 0.25) is 5.95 Å². The van der Waals surface area contributed by atoms with Gasteiger partial charge in [-0.05, 0) is 59.2 Å². The molecule has 0 N–H and O–H groups in total. The number of benzene rings is 9. The molecule has 0 radical (unpaired) electrons. The maximum absolute atomic E-state index is 6.34. The van der Waals surface area contributed by atoms with Crippen LogP contribution in [0.4, 0.5) is 0 Å². The van der Waals surface area contributed by atoms with Crippen LogP contribution in [0.1, 0.15) is 0 Å². The van der Waals surface area contributed by atoms with Crippen molar-refractivity contribution in [3.05, 3.63) is 212 Å². The third kappa shape index (κ3) is 5.55. The van der Waals surface area contributed by atoms with Crippen LogP contribution in [-0.4, -0.2) is 24.1 Å². The van der Waals surface area contributed by atoms with Gasteiger partial charge in [-0.25, -0.2) is 4.98 Å². The van der Waals surface area contributed by atoms with Crippen molar-refractivity contribution < 1.29 is 4.42 Å². The second-order valence-electron chi connectivity index (χ2n) is 16.0. The van der Waals surface area contributed by atoms with E-state index in [0.29, 0.717) is 17.6 Å². The second kappa shape index (κ2) is 14.0. The fraction of sp³-hybridized carbons (Fsp3) is 0. The molecule has 4 heterocycles. The van der Waals surface area contributed by atoms with Crippen molar-refractivity contribution in [1.29, 1.82) is 0 Å². The number of hydrogen-bond donors (Lipinski definition) is 0. The summed E-state index contributed by atoms with van der Waals surface area (Å²) in [6.07, 6.45) is 0. The highest BCUT2D eigenvalue weighted by atomic mass is 16.3. The minimum atomic E-state index is 0.542. The molecule has 6 nitrogen and oxygen atoms in total. The fourth-order valence-corrected chi connectivity index (χ4v) is 9.56. The highest BCUT2D eigenvalue weighted by molar-refractivity contribution is 6.19. The van der Waals surface area contributed by atoms with Gasteiger partial charge in [-0.1, -0.05) is 170 Å². The molecule has 0 spiro atoms. The third-order valence-electron chi connectivity index (χ3n) is 12.4. The Balaban J connectivity index is 1.11. The van der Waals surface area contributed by atoms with Gasteiger partial charge in [-0.2, -0.15) is 9.97 Å². The Morgan fingerprint density at radius 1 is 0.317 bits per heavy atom. The number of furan rings is 1. The summed E-state index contributed by atoms with van der Waals surface area (Å²) in [5, 5.41) is 6.51. The summed E-state index contributed by atoms with van der Waals surface area (Å²) in [6, 6.07) is 74.6. The van der Waals surface area contributed by atoms with Gasteiger partial charge in [-0.15, -0.1) is 0 Å². The number of fused-ring (bicyclic) bond motifs is 9. The first-order valence-electron chi connectivity index (χ1n) is 21.2.